The summed E-state index contributed by atoms with van der Waals surface area (Å²) >= 11 is 0. The van der Waals surface area contributed by atoms with Gasteiger partial charge >= 0.3 is 12.1 Å². The van der Waals surface area contributed by atoms with Crippen LogP contribution in [-0.2, 0) is 9.53 Å². The molecule has 0 amide bonds. The normalized spacial score (nSPS) is 38.0. The van der Waals surface area contributed by atoms with Gasteiger partial charge in [0.25, 0.3) is 0 Å². The summed E-state index contributed by atoms with van der Waals surface area (Å²) in [4.78, 5) is 10.8. The van der Waals surface area contributed by atoms with Gasteiger partial charge in [0.1, 0.15) is 18.3 Å². The Bertz CT molecular complexity index is 412. The van der Waals surface area contributed by atoms with E-state index in [0.29, 0.717) is 18.8 Å². The van der Waals surface area contributed by atoms with Crippen molar-refractivity contribution in [3.8, 4) is 0 Å². The molecular formula is C17H26F4O3. The number of hydrogen-bond donors (Lipinski definition) is 1. The molecule has 0 bridgehead atoms. The molecule has 0 radical (unpaired) electrons. The lowest BCUT2D eigenvalue weighted by Crippen LogP contribution is -2.46. The number of carboxylic acids is 1. The molecule has 140 valence electrons. The number of ether oxygens (including phenoxy) is 1. The van der Waals surface area contributed by atoms with E-state index in [4.69, 9.17) is 9.84 Å². The van der Waals surface area contributed by atoms with E-state index in [2.05, 4.69) is 6.92 Å². The predicted octanol–water partition coefficient (Wildman–Crippen LogP) is 4.74. The van der Waals surface area contributed by atoms with E-state index in [-0.39, 0.29) is 0 Å². The minimum atomic E-state index is -3.42. The van der Waals surface area contributed by atoms with Crippen molar-refractivity contribution >= 4 is 5.97 Å². The third-order valence-corrected chi connectivity index (χ3v) is 5.38. The number of hydrogen-bond acceptors (Lipinski definition) is 2. The molecule has 0 aromatic heterocycles. The molecule has 2 atom stereocenters. The van der Waals surface area contributed by atoms with Gasteiger partial charge in [0, 0.05) is 12.8 Å². The van der Waals surface area contributed by atoms with Crippen molar-refractivity contribution in [3.05, 3.63) is 0 Å². The van der Waals surface area contributed by atoms with Crippen LogP contribution >= 0.6 is 0 Å². The molecule has 2 saturated carbocycles. The van der Waals surface area contributed by atoms with Crippen molar-refractivity contribution in [2.24, 2.45) is 17.8 Å². The summed E-state index contributed by atoms with van der Waals surface area (Å²) in [5, 5.41) is 8.80. The van der Waals surface area contributed by atoms with Crippen LogP contribution in [0.4, 0.5) is 17.6 Å². The summed E-state index contributed by atoms with van der Waals surface area (Å²) in [6.45, 7) is 2.07. The highest BCUT2D eigenvalue weighted by atomic mass is 19.3. The van der Waals surface area contributed by atoms with Gasteiger partial charge in [-0.3, -0.25) is 4.79 Å². The fraction of sp³-hybridized carbons (Fsp3) is 0.941. The summed E-state index contributed by atoms with van der Waals surface area (Å²) in [5.74, 6) is -3.82. The fourth-order valence-electron chi connectivity index (χ4n) is 4.04. The van der Waals surface area contributed by atoms with E-state index < -0.39 is 55.2 Å². The fourth-order valence-corrected chi connectivity index (χ4v) is 4.04. The number of carbonyl (C=O) groups is 1. The van der Waals surface area contributed by atoms with Crippen LogP contribution in [0.15, 0.2) is 0 Å². The maximum Gasteiger partial charge on any atom is 0.358 e. The number of carboxylic acid groups (broad SMARTS) is 1. The Morgan fingerprint density at radius 1 is 1.12 bits per heavy atom. The highest BCUT2D eigenvalue weighted by Gasteiger charge is 2.49. The Balaban J connectivity index is 1.89. The largest absolute Gasteiger partial charge is 0.481 e. The minimum Gasteiger partial charge on any atom is -0.481 e. The van der Waals surface area contributed by atoms with E-state index in [1.165, 1.54) is 0 Å². The second-order valence-electron chi connectivity index (χ2n) is 7.18. The molecule has 0 aromatic carbocycles. The van der Waals surface area contributed by atoms with Gasteiger partial charge in [-0.2, -0.15) is 8.78 Å². The van der Waals surface area contributed by atoms with Crippen LogP contribution in [-0.4, -0.2) is 35.6 Å². The standard InChI is InChI=1S/C17H26F4O3/c1-2-3-10-4-6-11(7-5-10)17(20,21)24-12-8-13(18)15(16(22)23)14(19)9-12/h10-15H,2-9H2,1H3,(H,22,23). The van der Waals surface area contributed by atoms with Gasteiger partial charge in [-0.15, -0.1) is 0 Å². The van der Waals surface area contributed by atoms with Gasteiger partial charge in [0.15, 0.2) is 0 Å². The number of alkyl halides is 4. The van der Waals surface area contributed by atoms with Crippen LogP contribution in [0.3, 0.4) is 0 Å². The Hall–Kier alpha value is -0.850. The Kier molecular flexibility index (Phi) is 6.51. The maximum atomic E-state index is 14.3. The molecule has 1 N–H and O–H groups in total. The molecule has 2 fully saturated rings. The molecule has 2 aliphatic carbocycles. The summed E-state index contributed by atoms with van der Waals surface area (Å²) < 4.78 is 61.1. The maximum absolute atomic E-state index is 14.3. The molecule has 0 aliphatic heterocycles. The van der Waals surface area contributed by atoms with Gasteiger partial charge in [0.2, 0.25) is 0 Å². The predicted molar refractivity (Wildman–Crippen MR) is 80.3 cm³/mol. The van der Waals surface area contributed by atoms with E-state index in [9.17, 15) is 22.4 Å². The lowest BCUT2D eigenvalue weighted by atomic mass is 9.79. The molecule has 2 rings (SSSR count). The molecule has 3 nitrogen and oxygen atoms in total. The van der Waals surface area contributed by atoms with Crippen LogP contribution in [0.2, 0.25) is 0 Å². The second-order valence-corrected chi connectivity index (χ2v) is 7.18. The van der Waals surface area contributed by atoms with Gasteiger partial charge in [-0.25, -0.2) is 8.78 Å². The number of halogens is 4. The smallest absolute Gasteiger partial charge is 0.358 e. The second kappa shape index (κ2) is 8.02. The molecule has 0 saturated heterocycles. The molecular weight excluding hydrogens is 328 g/mol. The quantitative estimate of drug-likeness (QED) is 0.701. The third-order valence-electron chi connectivity index (χ3n) is 5.38. The zero-order valence-electron chi connectivity index (χ0n) is 13.9. The highest BCUT2D eigenvalue weighted by Crippen LogP contribution is 2.43. The van der Waals surface area contributed by atoms with Gasteiger partial charge in [0.05, 0.1) is 12.0 Å². The van der Waals surface area contributed by atoms with Crippen LogP contribution in [0.1, 0.15) is 58.3 Å². The van der Waals surface area contributed by atoms with E-state index in [1.807, 2.05) is 0 Å². The first-order valence-electron chi connectivity index (χ1n) is 8.81. The van der Waals surface area contributed by atoms with E-state index >= 15 is 0 Å². The molecule has 7 heteroatoms. The van der Waals surface area contributed by atoms with Crippen LogP contribution in [0.5, 0.6) is 0 Å². The van der Waals surface area contributed by atoms with Crippen molar-refractivity contribution in [2.75, 3.05) is 0 Å². The van der Waals surface area contributed by atoms with Crippen molar-refractivity contribution in [1.82, 2.24) is 0 Å². The molecule has 24 heavy (non-hydrogen) atoms. The Morgan fingerprint density at radius 2 is 1.67 bits per heavy atom. The average Bonchev–Trinajstić information content (AvgIpc) is 2.46. The molecule has 0 spiro atoms. The zero-order valence-corrected chi connectivity index (χ0v) is 13.9. The number of aliphatic carboxylic acids is 1. The molecule has 0 heterocycles. The van der Waals surface area contributed by atoms with Crippen LogP contribution in [0.25, 0.3) is 0 Å². The lowest BCUT2D eigenvalue weighted by molar-refractivity contribution is -0.305. The summed E-state index contributed by atoms with van der Waals surface area (Å²) in [7, 11) is 0. The Labute approximate surface area is 139 Å². The van der Waals surface area contributed by atoms with Crippen LogP contribution in [0, 0.1) is 17.8 Å². The lowest BCUT2D eigenvalue weighted by Gasteiger charge is -2.38. The first kappa shape index (κ1) is 19.5. The first-order chi connectivity index (χ1) is 11.2. The van der Waals surface area contributed by atoms with Crippen LogP contribution < -0.4 is 0 Å². The molecule has 2 unspecified atom stereocenters. The monoisotopic (exact) mass is 354 g/mol. The van der Waals surface area contributed by atoms with E-state index in [1.54, 1.807) is 0 Å². The first-order valence-corrected chi connectivity index (χ1v) is 8.81. The van der Waals surface area contributed by atoms with Gasteiger partial charge < -0.3 is 9.84 Å². The van der Waals surface area contributed by atoms with Crippen molar-refractivity contribution in [3.63, 3.8) is 0 Å². The minimum absolute atomic E-state index is 0.347. The SMILES string of the molecule is CCCC1CCC(C(F)(F)OC2CC(F)C(C(=O)O)C(F)C2)CC1. The summed E-state index contributed by atoms with van der Waals surface area (Å²) in [6.07, 6.45) is -5.51. The van der Waals surface area contributed by atoms with Gasteiger partial charge in [-0.05, 0) is 31.6 Å². The van der Waals surface area contributed by atoms with E-state index in [0.717, 1.165) is 25.7 Å². The summed E-state index contributed by atoms with van der Waals surface area (Å²) in [6, 6.07) is 0. The molecule has 2 aliphatic rings. The highest BCUT2D eigenvalue weighted by molar-refractivity contribution is 5.71. The van der Waals surface area contributed by atoms with Crippen molar-refractivity contribution in [2.45, 2.75) is 82.8 Å². The Morgan fingerprint density at radius 3 is 2.12 bits per heavy atom. The number of rotatable bonds is 6. The van der Waals surface area contributed by atoms with Crippen molar-refractivity contribution in [1.29, 1.82) is 0 Å². The molecule has 0 aromatic rings. The van der Waals surface area contributed by atoms with Gasteiger partial charge in [-0.1, -0.05) is 19.8 Å². The zero-order chi connectivity index (χ0) is 17.9. The third kappa shape index (κ3) is 4.61. The van der Waals surface area contributed by atoms with Crippen molar-refractivity contribution < 1.29 is 32.2 Å². The average molecular weight is 354 g/mol. The summed E-state index contributed by atoms with van der Waals surface area (Å²) in [5.41, 5.74) is 0. The topological polar surface area (TPSA) is 46.5 Å².